The van der Waals surface area contributed by atoms with E-state index in [1.807, 2.05) is 0 Å². The second-order valence-electron chi connectivity index (χ2n) is 5.88. The van der Waals surface area contributed by atoms with E-state index in [1.165, 1.54) is 4.31 Å². The molecule has 0 radical (unpaired) electrons. The molecule has 6 nitrogen and oxygen atoms in total. The summed E-state index contributed by atoms with van der Waals surface area (Å²) in [7, 11) is -1.72. The van der Waals surface area contributed by atoms with Gasteiger partial charge in [0.1, 0.15) is 0 Å². The minimum Gasteiger partial charge on any atom is -0.377 e. The maximum Gasteiger partial charge on any atom is 0.281 e. The minimum absolute atomic E-state index is 0.0404. The van der Waals surface area contributed by atoms with E-state index in [1.54, 1.807) is 11.4 Å². The maximum absolute atomic E-state index is 12.6. The van der Waals surface area contributed by atoms with E-state index in [-0.39, 0.29) is 12.0 Å². The van der Waals surface area contributed by atoms with Crippen molar-refractivity contribution in [2.24, 2.45) is 11.7 Å². The van der Waals surface area contributed by atoms with Crippen LogP contribution in [0.3, 0.4) is 0 Å². The van der Waals surface area contributed by atoms with Crippen LogP contribution in [0.4, 0.5) is 0 Å². The van der Waals surface area contributed by atoms with Crippen LogP contribution in [-0.4, -0.2) is 63.0 Å². The quantitative estimate of drug-likeness (QED) is 0.798. The Morgan fingerprint density at radius 1 is 1.30 bits per heavy atom. The average Bonchev–Trinajstić information content (AvgIpc) is 2.48. The lowest BCUT2D eigenvalue weighted by Crippen LogP contribution is -2.49. The van der Waals surface area contributed by atoms with Crippen molar-refractivity contribution in [3.63, 3.8) is 0 Å². The smallest absolute Gasteiger partial charge is 0.281 e. The Kier molecular flexibility index (Phi) is 5.80. The van der Waals surface area contributed by atoms with Gasteiger partial charge in [-0.25, -0.2) is 0 Å². The fraction of sp³-hybridized carbons (Fsp3) is 1.00. The molecule has 2 saturated heterocycles. The zero-order chi connectivity index (χ0) is 14.6. The summed E-state index contributed by atoms with van der Waals surface area (Å²) in [5.41, 5.74) is 5.68. The molecule has 7 heteroatoms. The number of nitrogens with zero attached hydrogens (tertiary/aromatic N) is 2. The van der Waals surface area contributed by atoms with E-state index in [9.17, 15) is 8.42 Å². The number of piperidine rings is 1. The zero-order valence-corrected chi connectivity index (χ0v) is 13.1. The first kappa shape index (κ1) is 16.2. The molecule has 2 aliphatic rings. The van der Waals surface area contributed by atoms with Crippen LogP contribution in [0.1, 0.15) is 32.1 Å². The van der Waals surface area contributed by atoms with Crippen LogP contribution in [0.5, 0.6) is 0 Å². The third-order valence-corrected chi connectivity index (χ3v) is 6.19. The van der Waals surface area contributed by atoms with Crippen molar-refractivity contribution in [1.82, 2.24) is 8.61 Å². The highest BCUT2D eigenvalue weighted by Gasteiger charge is 2.32. The molecule has 20 heavy (non-hydrogen) atoms. The van der Waals surface area contributed by atoms with Gasteiger partial charge in [-0.2, -0.15) is 17.0 Å². The maximum atomic E-state index is 12.6. The minimum atomic E-state index is -3.37. The van der Waals surface area contributed by atoms with Gasteiger partial charge in [0.2, 0.25) is 0 Å². The van der Waals surface area contributed by atoms with Gasteiger partial charge in [-0.1, -0.05) is 0 Å². The normalized spacial score (nSPS) is 29.8. The Hall–Kier alpha value is -0.210. The predicted octanol–water partition coefficient (Wildman–Crippen LogP) is 0.403. The number of hydrogen-bond acceptors (Lipinski definition) is 4. The Morgan fingerprint density at radius 3 is 2.75 bits per heavy atom. The first-order chi connectivity index (χ1) is 9.54. The average molecular weight is 305 g/mol. The molecule has 0 aromatic heterocycles. The Balaban J connectivity index is 1.93. The predicted molar refractivity (Wildman–Crippen MR) is 78.5 cm³/mol. The fourth-order valence-electron chi connectivity index (χ4n) is 2.96. The molecule has 0 spiro atoms. The van der Waals surface area contributed by atoms with Crippen LogP contribution in [-0.2, 0) is 14.9 Å². The molecule has 2 unspecified atom stereocenters. The Labute approximate surface area is 122 Å². The van der Waals surface area contributed by atoms with Crippen molar-refractivity contribution in [1.29, 1.82) is 0 Å². The van der Waals surface area contributed by atoms with E-state index in [0.29, 0.717) is 26.2 Å². The molecule has 118 valence electrons. The summed E-state index contributed by atoms with van der Waals surface area (Å²) in [4.78, 5) is 0. The summed E-state index contributed by atoms with van der Waals surface area (Å²) < 4.78 is 33.8. The summed E-state index contributed by atoms with van der Waals surface area (Å²) in [6.45, 7) is 2.91. The van der Waals surface area contributed by atoms with Crippen LogP contribution in [0.15, 0.2) is 0 Å². The van der Waals surface area contributed by atoms with Crippen molar-refractivity contribution >= 4 is 10.2 Å². The van der Waals surface area contributed by atoms with Crippen molar-refractivity contribution in [3.8, 4) is 0 Å². The highest BCUT2D eigenvalue weighted by atomic mass is 32.2. The van der Waals surface area contributed by atoms with E-state index < -0.39 is 10.2 Å². The molecule has 0 bridgehead atoms. The van der Waals surface area contributed by atoms with Crippen LogP contribution in [0.2, 0.25) is 0 Å². The molecule has 2 fully saturated rings. The van der Waals surface area contributed by atoms with Crippen molar-refractivity contribution in [2.75, 3.05) is 39.8 Å². The molecule has 2 rings (SSSR count). The monoisotopic (exact) mass is 305 g/mol. The molecule has 0 amide bonds. The number of nitrogens with two attached hydrogens (primary N) is 1. The summed E-state index contributed by atoms with van der Waals surface area (Å²) in [6, 6.07) is 0. The van der Waals surface area contributed by atoms with Gasteiger partial charge < -0.3 is 10.5 Å². The molecule has 2 atom stereocenters. The van der Waals surface area contributed by atoms with Gasteiger partial charge in [-0.05, 0) is 44.6 Å². The van der Waals surface area contributed by atoms with Gasteiger partial charge in [-0.3, -0.25) is 0 Å². The summed E-state index contributed by atoms with van der Waals surface area (Å²) >= 11 is 0. The molecule has 0 aliphatic carbocycles. The molecule has 2 heterocycles. The van der Waals surface area contributed by atoms with Gasteiger partial charge >= 0.3 is 0 Å². The molecule has 0 saturated carbocycles. The van der Waals surface area contributed by atoms with Crippen LogP contribution < -0.4 is 5.73 Å². The molecule has 2 aliphatic heterocycles. The lowest BCUT2D eigenvalue weighted by Gasteiger charge is -2.35. The first-order valence-corrected chi connectivity index (χ1v) is 8.97. The third-order valence-electron chi connectivity index (χ3n) is 4.27. The van der Waals surface area contributed by atoms with Crippen LogP contribution in [0.25, 0.3) is 0 Å². The third kappa shape index (κ3) is 3.92. The van der Waals surface area contributed by atoms with Gasteiger partial charge in [0.15, 0.2) is 0 Å². The molecule has 0 aromatic rings. The van der Waals surface area contributed by atoms with Crippen LogP contribution >= 0.6 is 0 Å². The molecule has 2 N–H and O–H groups in total. The van der Waals surface area contributed by atoms with Crippen molar-refractivity contribution in [3.05, 3.63) is 0 Å². The van der Waals surface area contributed by atoms with Gasteiger partial charge in [0.05, 0.1) is 6.10 Å². The lowest BCUT2D eigenvalue weighted by molar-refractivity contribution is 0.00781. The van der Waals surface area contributed by atoms with E-state index >= 15 is 0 Å². The highest BCUT2D eigenvalue weighted by molar-refractivity contribution is 7.86. The zero-order valence-electron chi connectivity index (χ0n) is 12.3. The van der Waals surface area contributed by atoms with Gasteiger partial charge in [0.25, 0.3) is 10.2 Å². The van der Waals surface area contributed by atoms with E-state index in [0.717, 1.165) is 38.7 Å². The van der Waals surface area contributed by atoms with Gasteiger partial charge in [-0.15, -0.1) is 0 Å². The standard InChI is InChI=1S/C13H27N3O3S/c1-15(11-13-6-2-3-8-19-13)20(17,18)16-7-4-5-12(9-14)10-16/h12-13H,2-11,14H2,1H3. The van der Waals surface area contributed by atoms with Crippen molar-refractivity contribution in [2.45, 2.75) is 38.2 Å². The Morgan fingerprint density at radius 2 is 2.10 bits per heavy atom. The molecule has 0 aromatic carbocycles. The number of rotatable bonds is 5. The van der Waals surface area contributed by atoms with E-state index in [4.69, 9.17) is 10.5 Å². The molecular formula is C13H27N3O3S. The fourth-order valence-corrected chi connectivity index (χ4v) is 4.47. The Bertz CT molecular complexity index is 396. The largest absolute Gasteiger partial charge is 0.377 e. The second kappa shape index (κ2) is 7.17. The number of hydrogen-bond donors (Lipinski definition) is 1. The highest BCUT2D eigenvalue weighted by Crippen LogP contribution is 2.21. The number of ether oxygens (including phenoxy) is 1. The topological polar surface area (TPSA) is 75.9 Å². The summed E-state index contributed by atoms with van der Waals surface area (Å²) in [5.74, 6) is 0.290. The summed E-state index contributed by atoms with van der Waals surface area (Å²) in [6.07, 6.45) is 5.12. The SMILES string of the molecule is CN(CC1CCCCO1)S(=O)(=O)N1CCCC(CN)C1. The van der Waals surface area contributed by atoms with E-state index in [2.05, 4.69) is 0 Å². The van der Waals surface area contributed by atoms with Crippen LogP contribution in [0, 0.1) is 5.92 Å². The number of likely N-dealkylation sites (N-methyl/N-ethyl adjacent to an activating group) is 1. The van der Waals surface area contributed by atoms with Crippen molar-refractivity contribution < 1.29 is 13.2 Å². The first-order valence-electron chi connectivity index (χ1n) is 7.57. The van der Waals surface area contributed by atoms with Gasteiger partial charge in [0, 0.05) is 33.3 Å². The lowest BCUT2D eigenvalue weighted by atomic mass is 10.0. The summed E-state index contributed by atoms with van der Waals surface area (Å²) in [5, 5.41) is 0. The molecular weight excluding hydrogens is 278 g/mol. The second-order valence-corrected chi connectivity index (χ2v) is 7.91.